The molecule has 0 spiro atoms. The fourth-order valence-electron chi connectivity index (χ4n) is 2.38. The van der Waals surface area contributed by atoms with Crippen LogP contribution in [0.3, 0.4) is 0 Å². The maximum absolute atomic E-state index is 5.56. The molecule has 15 heavy (non-hydrogen) atoms. The molecule has 88 valence electrons. The van der Waals surface area contributed by atoms with Crippen molar-refractivity contribution >= 4 is 6.02 Å². The number of likely N-dealkylation sites (tertiary alicyclic amines) is 1. The Morgan fingerprint density at radius 3 is 2.80 bits per heavy atom. The highest BCUT2D eigenvalue weighted by Gasteiger charge is 2.38. The van der Waals surface area contributed by atoms with E-state index in [9.17, 15) is 0 Å². The minimum atomic E-state index is 0.185. The van der Waals surface area contributed by atoms with Crippen LogP contribution in [0.15, 0.2) is 4.99 Å². The summed E-state index contributed by atoms with van der Waals surface area (Å²) in [5.74, 6) is 0. The van der Waals surface area contributed by atoms with Crippen LogP contribution in [0.5, 0.6) is 0 Å². The number of hydrogen-bond donors (Lipinski definition) is 1. The maximum atomic E-state index is 5.56. The molecule has 0 aromatic rings. The molecule has 0 aliphatic carbocycles. The van der Waals surface area contributed by atoms with Gasteiger partial charge in [0, 0.05) is 7.05 Å². The molecular weight excluding hydrogens is 190 g/mol. The van der Waals surface area contributed by atoms with Gasteiger partial charge in [-0.05, 0) is 32.9 Å². The summed E-state index contributed by atoms with van der Waals surface area (Å²) in [6, 6.07) is 0.297. The van der Waals surface area contributed by atoms with Crippen LogP contribution in [0, 0.1) is 0 Å². The second-order valence-corrected chi connectivity index (χ2v) is 4.35. The standard InChI is InChI=1S/C11H23N3O/c1-4-6-11(7-5-8-14(11)3)9-15-10(12)13-2/h4-9H2,1-3H3,(H2,12,13). The Morgan fingerprint density at radius 1 is 1.60 bits per heavy atom. The molecule has 1 rings (SSSR count). The molecular formula is C11H23N3O. The summed E-state index contributed by atoms with van der Waals surface area (Å²) in [4.78, 5) is 6.22. The Labute approximate surface area is 92.5 Å². The SMILES string of the molecule is CCCC1(COC(N)=NC)CCCN1C. The van der Waals surface area contributed by atoms with Crippen molar-refractivity contribution in [3.05, 3.63) is 0 Å². The summed E-state index contributed by atoms with van der Waals surface area (Å²) in [5.41, 5.74) is 5.75. The van der Waals surface area contributed by atoms with Gasteiger partial charge in [0.15, 0.2) is 0 Å². The molecule has 1 unspecified atom stereocenters. The second kappa shape index (κ2) is 5.35. The Balaban J connectivity index is 2.57. The van der Waals surface area contributed by atoms with Gasteiger partial charge in [-0.3, -0.25) is 4.90 Å². The first kappa shape index (κ1) is 12.3. The first-order valence-electron chi connectivity index (χ1n) is 5.71. The predicted molar refractivity (Wildman–Crippen MR) is 63.0 cm³/mol. The van der Waals surface area contributed by atoms with Gasteiger partial charge in [-0.15, -0.1) is 0 Å². The molecule has 1 fully saturated rings. The van der Waals surface area contributed by atoms with E-state index in [2.05, 4.69) is 23.9 Å². The maximum Gasteiger partial charge on any atom is 0.281 e. The smallest absolute Gasteiger partial charge is 0.281 e. The van der Waals surface area contributed by atoms with E-state index in [-0.39, 0.29) is 5.54 Å². The summed E-state index contributed by atoms with van der Waals surface area (Å²) < 4.78 is 5.49. The zero-order valence-electron chi connectivity index (χ0n) is 10.1. The normalized spacial score (nSPS) is 28.3. The van der Waals surface area contributed by atoms with E-state index in [4.69, 9.17) is 10.5 Å². The lowest BCUT2D eigenvalue weighted by Crippen LogP contribution is -2.46. The van der Waals surface area contributed by atoms with Crippen molar-refractivity contribution in [3.63, 3.8) is 0 Å². The lowest BCUT2D eigenvalue weighted by atomic mass is 9.92. The van der Waals surface area contributed by atoms with Crippen LogP contribution < -0.4 is 5.73 Å². The predicted octanol–water partition coefficient (Wildman–Crippen LogP) is 1.21. The van der Waals surface area contributed by atoms with Gasteiger partial charge >= 0.3 is 0 Å². The number of nitrogens with two attached hydrogens (primary N) is 1. The van der Waals surface area contributed by atoms with Crippen LogP contribution in [-0.4, -0.2) is 43.7 Å². The van der Waals surface area contributed by atoms with Crippen molar-refractivity contribution in [2.24, 2.45) is 10.7 Å². The number of rotatable bonds is 4. The van der Waals surface area contributed by atoms with E-state index in [1.165, 1.54) is 25.7 Å². The molecule has 0 bridgehead atoms. The van der Waals surface area contributed by atoms with E-state index in [0.717, 1.165) is 6.54 Å². The van der Waals surface area contributed by atoms with E-state index in [0.29, 0.717) is 12.6 Å². The lowest BCUT2D eigenvalue weighted by molar-refractivity contribution is 0.0808. The van der Waals surface area contributed by atoms with Gasteiger partial charge in [-0.1, -0.05) is 13.3 Å². The number of hydrogen-bond acceptors (Lipinski definition) is 3. The van der Waals surface area contributed by atoms with Crippen molar-refractivity contribution in [2.75, 3.05) is 27.2 Å². The van der Waals surface area contributed by atoms with Crippen LogP contribution in [0.25, 0.3) is 0 Å². The Kier molecular flexibility index (Phi) is 4.39. The number of nitrogens with zero attached hydrogens (tertiary/aromatic N) is 2. The molecule has 0 saturated carbocycles. The molecule has 0 aromatic carbocycles. The zero-order chi connectivity index (χ0) is 11.3. The zero-order valence-corrected chi connectivity index (χ0v) is 10.1. The van der Waals surface area contributed by atoms with Gasteiger partial charge in [0.1, 0.15) is 6.61 Å². The summed E-state index contributed by atoms with van der Waals surface area (Å²) in [6.45, 7) is 4.04. The average molecular weight is 213 g/mol. The molecule has 2 N–H and O–H groups in total. The van der Waals surface area contributed by atoms with E-state index < -0.39 is 0 Å². The number of aliphatic imine (C=N–C) groups is 1. The van der Waals surface area contributed by atoms with Crippen LogP contribution in [0.4, 0.5) is 0 Å². The second-order valence-electron chi connectivity index (χ2n) is 4.35. The van der Waals surface area contributed by atoms with Crippen LogP contribution in [0.1, 0.15) is 32.6 Å². The van der Waals surface area contributed by atoms with Crippen molar-refractivity contribution in [1.29, 1.82) is 0 Å². The molecule has 4 heteroatoms. The van der Waals surface area contributed by atoms with E-state index in [1.54, 1.807) is 7.05 Å². The molecule has 1 atom stereocenters. The molecule has 0 radical (unpaired) electrons. The van der Waals surface area contributed by atoms with E-state index in [1.807, 2.05) is 0 Å². The van der Waals surface area contributed by atoms with Gasteiger partial charge in [0.25, 0.3) is 6.02 Å². The molecule has 4 nitrogen and oxygen atoms in total. The largest absolute Gasteiger partial charge is 0.463 e. The third-order valence-corrected chi connectivity index (χ3v) is 3.37. The number of likely N-dealkylation sites (N-methyl/N-ethyl adjacent to an activating group) is 1. The third kappa shape index (κ3) is 2.84. The van der Waals surface area contributed by atoms with Gasteiger partial charge in [0.2, 0.25) is 0 Å². The van der Waals surface area contributed by atoms with Crippen LogP contribution in [0.2, 0.25) is 0 Å². The molecule has 0 amide bonds. The summed E-state index contributed by atoms with van der Waals surface area (Å²) in [7, 11) is 3.82. The summed E-state index contributed by atoms with van der Waals surface area (Å²) in [5, 5.41) is 0. The summed E-state index contributed by atoms with van der Waals surface area (Å²) in [6.07, 6.45) is 4.80. The molecule has 0 aromatic heterocycles. The number of ether oxygens (including phenoxy) is 1. The highest BCUT2D eigenvalue weighted by molar-refractivity contribution is 5.71. The van der Waals surface area contributed by atoms with Crippen molar-refractivity contribution in [3.8, 4) is 0 Å². The molecule has 1 saturated heterocycles. The highest BCUT2D eigenvalue weighted by atomic mass is 16.5. The fraction of sp³-hybridized carbons (Fsp3) is 0.909. The van der Waals surface area contributed by atoms with Crippen molar-refractivity contribution < 1.29 is 4.74 Å². The quantitative estimate of drug-likeness (QED) is 0.564. The topological polar surface area (TPSA) is 50.9 Å². The minimum Gasteiger partial charge on any atom is -0.463 e. The van der Waals surface area contributed by atoms with Gasteiger partial charge in [-0.2, -0.15) is 0 Å². The van der Waals surface area contributed by atoms with Gasteiger partial charge < -0.3 is 10.5 Å². The van der Waals surface area contributed by atoms with Crippen molar-refractivity contribution in [2.45, 2.75) is 38.1 Å². The molecule has 1 heterocycles. The fourth-order valence-corrected chi connectivity index (χ4v) is 2.38. The number of amidine groups is 1. The lowest BCUT2D eigenvalue weighted by Gasteiger charge is -2.35. The average Bonchev–Trinajstić information content (AvgIpc) is 2.58. The first-order chi connectivity index (χ1) is 7.14. The van der Waals surface area contributed by atoms with E-state index >= 15 is 0 Å². The Hall–Kier alpha value is -0.770. The van der Waals surface area contributed by atoms with Crippen LogP contribution in [-0.2, 0) is 4.74 Å². The Bertz CT molecular complexity index is 230. The molecule has 1 aliphatic rings. The summed E-state index contributed by atoms with van der Waals surface area (Å²) >= 11 is 0. The Morgan fingerprint density at radius 2 is 2.33 bits per heavy atom. The van der Waals surface area contributed by atoms with Gasteiger partial charge in [-0.25, -0.2) is 4.99 Å². The minimum absolute atomic E-state index is 0.185. The third-order valence-electron chi connectivity index (χ3n) is 3.37. The monoisotopic (exact) mass is 213 g/mol. The first-order valence-corrected chi connectivity index (χ1v) is 5.71. The highest BCUT2D eigenvalue weighted by Crippen LogP contribution is 2.32. The van der Waals surface area contributed by atoms with Crippen molar-refractivity contribution in [1.82, 2.24) is 4.90 Å². The molecule has 1 aliphatic heterocycles. The van der Waals surface area contributed by atoms with Crippen LogP contribution >= 0.6 is 0 Å². The van der Waals surface area contributed by atoms with Gasteiger partial charge in [0.05, 0.1) is 5.54 Å².